The van der Waals surface area contributed by atoms with Gasteiger partial charge in [0, 0.05) is 5.56 Å². The Hall–Kier alpha value is -1.91. The molecular formula is C12H15FN2O2. The lowest BCUT2D eigenvalue weighted by Crippen LogP contribution is -2.47. The van der Waals surface area contributed by atoms with E-state index in [4.69, 9.17) is 5.73 Å². The molecular weight excluding hydrogens is 223 g/mol. The Labute approximate surface area is 99.0 Å². The normalized spacial score (nSPS) is 12.2. The molecule has 0 aliphatic rings. The largest absolute Gasteiger partial charge is 0.368 e. The molecule has 0 spiro atoms. The van der Waals surface area contributed by atoms with Crippen LogP contribution in [-0.4, -0.2) is 17.9 Å². The molecule has 92 valence electrons. The van der Waals surface area contributed by atoms with Crippen molar-refractivity contribution >= 4 is 11.8 Å². The maximum atomic E-state index is 12.7. The van der Waals surface area contributed by atoms with Gasteiger partial charge in [-0.2, -0.15) is 0 Å². The summed E-state index contributed by atoms with van der Waals surface area (Å²) < 4.78 is 12.7. The molecule has 0 aromatic heterocycles. The maximum absolute atomic E-state index is 12.7. The third-order valence-corrected chi connectivity index (χ3v) is 2.37. The van der Waals surface area contributed by atoms with E-state index in [2.05, 4.69) is 5.32 Å². The third kappa shape index (κ3) is 3.55. The molecule has 1 aromatic rings. The van der Waals surface area contributed by atoms with E-state index >= 15 is 0 Å². The van der Waals surface area contributed by atoms with Crippen molar-refractivity contribution in [1.82, 2.24) is 5.32 Å². The van der Waals surface area contributed by atoms with Crippen LogP contribution >= 0.6 is 0 Å². The number of nitrogens with two attached hydrogens (primary N) is 1. The minimum absolute atomic E-state index is 0.100. The molecule has 3 N–H and O–H groups in total. The number of primary amides is 1. The van der Waals surface area contributed by atoms with Crippen molar-refractivity contribution in [3.63, 3.8) is 0 Å². The van der Waals surface area contributed by atoms with Crippen LogP contribution in [0.4, 0.5) is 4.39 Å². The Morgan fingerprint density at radius 2 is 1.76 bits per heavy atom. The van der Waals surface area contributed by atoms with Gasteiger partial charge in [-0.05, 0) is 30.2 Å². The Balaban J connectivity index is 2.77. The van der Waals surface area contributed by atoms with Crippen molar-refractivity contribution in [3.8, 4) is 0 Å². The molecule has 0 saturated heterocycles. The molecule has 0 aliphatic carbocycles. The van der Waals surface area contributed by atoms with Crippen LogP contribution in [0.3, 0.4) is 0 Å². The summed E-state index contributed by atoms with van der Waals surface area (Å²) in [5.74, 6) is -1.55. The lowest BCUT2D eigenvalue weighted by molar-refractivity contribution is -0.120. The number of carbonyl (C=O) groups excluding carboxylic acids is 2. The molecule has 0 fully saturated rings. The van der Waals surface area contributed by atoms with Gasteiger partial charge >= 0.3 is 0 Å². The number of halogens is 1. The zero-order valence-electron chi connectivity index (χ0n) is 9.74. The fraction of sp³-hybridized carbons (Fsp3) is 0.333. The lowest BCUT2D eigenvalue weighted by atomic mass is 10.0. The molecule has 0 radical (unpaired) electrons. The van der Waals surface area contributed by atoms with E-state index in [0.717, 1.165) is 0 Å². The monoisotopic (exact) mass is 238 g/mol. The molecule has 1 aromatic carbocycles. The van der Waals surface area contributed by atoms with Gasteiger partial charge in [0.2, 0.25) is 5.91 Å². The molecule has 2 amide bonds. The number of amides is 2. The van der Waals surface area contributed by atoms with E-state index in [0.29, 0.717) is 5.56 Å². The number of rotatable bonds is 4. The summed E-state index contributed by atoms with van der Waals surface area (Å²) in [6, 6.07) is 4.34. The fourth-order valence-electron chi connectivity index (χ4n) is 1.39. The SMILES string of the molecule is CC(C)C(NC(=O)c1ccc(F)cc1)C(N)=O. The van der Waals surface area contributed by atoms with E-state index in [1.54, 1.807) is 13.8 Å². The maximum Gasteiger partial charge on any atom is 0.251 e. The van der Waals surface area contributed by atoms with Crippen LogP contribution in [0.15, 0.2) is 24.3 Å². The second-order valence-corrected chi connectivity index (χ2v) is 4.10. The zero-order chi connectivity index (χ0) is 13.0. The Kier molecular flexibility index (Phi) is 4.20. The molecule has 1 unspecified atom stereocenters. The summed E-state index contributed by atoms with van der Waals surface area (Å²) in [5.41, 5.74) is 5.46. The minimum atomic E-state index is -0.729. The molecule has 4 nitrogen and oxygen atoms in total. The summed E-state index contributed by atoms with van der Waals surface area (Å²) >= 11 is 0. The second kappa shape index (κ2) is 5.43. The standard InChI is InChI=1S/C12H15FN2O2/c1-7(2)10(11(14)16)15-12(17)8-3-5-9(13)6-4-8/h3-7,10H,1-2H3,(H2,14,16)(H,15,17). The van der Waals surface area contributed by atoms with Crippen molar-refractivity contribution < 1.29 is 14.0 Å². The number of hydrogen-bond acceptors (Lipinski definition) is 2. The van der Waals surface area contributed by atoms with Crippen molar-refractivity contribution in [3.05, 3.63) is 35.6 Å². The van der Waals surface area contributed by atoms with E-state index in [9.17, 15) is 14.0 Å². The first-order chi connectivity index (χ1) is 7.91. The van der Waals surface area contributed by atoms with E-state index < -0.39 is 23.7 Å². The van der Waals surface area contributed by atoms with Gasteiger partial charge in [0.15, 0.2) is 0 Å². The van der Waals surface area contributed by atoms with Crippen molar-refractivity contribution in [1.29, 1.82) is 0 Å². The Morgan fingerprint density at radius 3 is 2.18 bits per heavy atom. The smallest absolute Gasteiger partial charge is 0.251 e. The van der Waals surface area contributed by atoms with Crippen LogP contribution in [0.25, 0.3) is 0 Å². The van der Waals surface area contributed by atoms with Crippen molar-refractivity contribution in [2.75, 3.05) is 0 Å². The number of nitrogens with one attached hydrogen (secondary N) is 1. The summed E-state index contributed by atoms with van der Waals surface area (Å²) in [4.78, 5) is 22.8. The van der Waals surface area contributed by atoms with E-state index in [-0.39, 0.29) is 5.92 Å². The van der Waals surface area contributed by atoms with Gasteiger partial charge < -0.3 is 11.1 Å². The van der Waals surface area contributed by atoms with E-state index in [1.807, 2.05) is 0 Å². The quantitative estimate of drug-likeness (QED) is 0.823. The van der Waals surface area contributed by atoms with Crippen molar-refractivity contribution in [2.24, 2.45) is 11.7 Å². The topological polar surface area (TPSA) is 72.2 Å². The van der Waals surface area contributed by atoms with Gasteiger partial charge in [-0.3, -0.25) is 9.59 Å². The summed E-state index contributed by atoms with van der Waals surface area (Å²) in [5, 5.41) is 2.52. The first-order valence-electron chi connectivity index (χ1n) is 5.27. The van der Waals surface area contributed by atoms with Crippen LogP contribution in [0.5, 0.6) is 0 Å². The molecule has 0 saturated carbocycles. The first-order valence-corrected chi connectivity index (χ1v) is 5.27. The van der Waals surface area contributed by atoms with Crippen LogP contribution in [0, 0.1) is 11.7 Å². The Morgan fingerprint density at radius 1 is 1.24 bits per heavy atom. The number of carbonyl (C=O) groups is 2. The second-order valence-electron chi connectivity index (χ2n) is 4.10. The van der Waals surface area contributed by atoms with Gasteiger partial charge in [-0.25, -0.2) is 4.39 Å². The molecule has 5 heteroatoms. The molecule has 17 heavy (non-hydrogen) atoms. The Bertz CT molecular complexity index is 415. The average molecular weight is 238 g/mol. The van der Waals surface area contributed by atoms with Gasteiger partial charge in [0.1, 0.15) is 11.9 Å². The van der Waals surface area contributed by atoms with Crippen LogP contribution in [0.2, 0.25) is 0 Å². The highest BCUT2D eigenvalue weighted by molar-refractivity contribution is 5.97. The molecule has 0 aliphatic heterocycles. The summed E-state index contributed by atoms with van der Waals surface area (Å²) in [7, 11) is 0. The summed E-state index contributed by atoms with van der Waals surface area (Å²) in [6.45, 7) is 3.56. The van der Waals surface area contributed by atoms with Gasteiger partial charge in [-0.15, -0.1) is 0 Å². The highest BCUT2D eigenvalue weighted by Crippen LogP contribution is 2.06. The third-order valence-electron chi connectivity index (χ3n) is 2.37. The van der Waals surface area contributed by atoms with Crippen LogP contribution in [0.1, 0.15) is 24.2 Å². The minimum Gasteiger partial charge on any atom is -0.368 e. The first kappa shape index (κ1) is 13.2. The average Bonchev–Trinajstić information content (AvgIpc) is 2.25. The van der Waals surface area contributed by atoms with Gasteiger partial charge in [0.05, 0.1) is 0 Å². The predicted molar refractivity (Wildman–Crippen MR) is 61.7 cm³/mol. The molecule has 0 bridgehead atoms. The van der Waals surface area contributed by atoms with Crippen molar-refractivity contribution in [2.45, 2.75) is 19.9 Å². The molecule has 1 atom stereocenters. The molecule has 0 heterocycles. The number of benzene rings is 1. The highest BCUT2D eigenvalue weighted by Gasteiger charge is 2.22. The van der Waals surface area contributed by atoms with Crippen LogP contribution < -0.4 is 11.1 Å². The lowest BCUT2D eigenvalue weighted by Gasteiger charge is -2.18. The molecule has 1 rings (SSSR count). The predicted octanol–water partition coefficient (Wildman–Crippen LogP) is 1.07. The summed E-state index contributed by atoms with van der Waals surface area (Å²) in [6.07, 6.45) is 0. The number of hydrogen-bond donors (Lipinski definition) is 2. The van der Waals surface area contributed by atoms with Crippen LogP contribution in [-0.2, 0) is 4.79 Å². The zero-order valence-corrected chi connectivity index (χ0v) is 9.74. The van der Waals surface area contributed by atoms with E-state index in [1.165, 1.54) is 24.3 Å². The van der Waals surface area contributed by atoms with Gasteiger partial charge in [-0.1, -0.05) is 13.8 Å². The van der Waals surface area contributed by atoms with Gasteiger partial charge in [0.25, 0.3) is 5.91 Å². The fourth-order valence-corrected chi connectivity index (χ4v) is 1.39. The highest BCUT2D eigenvalue weighted by atomic mass is 19.1.